The average Bonchev–Trinajstić information content (AvgIpc) is 2.65. The molecule has 2 N–H and O–H groups in total. The molecular weight excluding hydrogens is 338 g/mol. The van der Waals surface area contributed by atoms with Crippen LogP contribution in [0.2, 0.25) is 0 Å². The van der Waals surface area contributed by atoms with Crippen molar-refractivity contribution < 1.29 is 28.9 Å². The molecule has 26 heavy (non-hydrogen) atoms. The highest BCUT2D eigenvalue weighted by Gasteiger charge is 2.15. The lowest BCUT2D eigenvalue weighted by Gasteiger charge is -2.14. The van der Waals surface area contributed by atoms with Gasteiger partial charge in [0.25, 0.3) is 0 Å². The number of ether oxygens (including phenoxy) is 3. The number of benzene rings is 2. The molecule has 0 unspecified atom stereocenters. The van der Waals surface area contributed by atoms with Crippen LogP contribution in [0.3, 0.4) is 0 Å². The smallest absolute Gasteiger partial charge is 0.335 e. The van der Waals surface area contributed by atoms with E-state index < -0.39 is 5.97 Å². The van der Waals surface area contributed by atoms with Gasteiger partial charge in [-0.1, -0.05) is 18.2 Å². The van der Waals surface area contributed by atoms with Gasteiger partial charge < -0.3 is 24.6 Å². The molecule has 0 saturated heterocycles. The number of hydrogen-bond acceptors (Lipinski definition) is 5. The molecule has 7 nitrogen and oxygen atoms in total. The first-order valence-corrected chi connectivity index (χ1v) is 7.87. The molecule has 7 heteroatoms. The zero-order valence-electron chi connectivity index (χ0n) is 14.9. The fourth-order valence-corrected chi connectivity index (χ4v) is 2.54. The predicted octanol–water partition coefficient (Wildman–Crippen LogP) is 2.27. The summed E-state index contributed by atoms with van der Waals surface area (Å²) in [7, 11) is 4.57. The van der Waals surface area contributed by atoms with Gasteiger partial charge in [0.1, 0.15) is 5.75 Å². The van der Waals surface area contributed by atoms with Crippen molar-refractivity contribution in [1.29, 1.82) is 0 Å². The molecule has 0 bridgehead atoms. The first-order chi connectivity index (χ1) is 12.5. The predicted molar refractivity (Wildman–Crippen MR) is 95.1 cm³/mol. The van der Waals surface area contributed by atoms with E-state index in [-0.39, 0.29) is 24.4 Å². The number of rotatable bonds is 8. The van der Waals surface area contributed by atoms with Crippen LogP contribution in [0.15, 0.2) is 36.4 Å². The molecule has 138 valence electrons. The number of nitrogens with one attached hydrogen (secondary N) is 1. The summed E-state index contributed by atoms with van der Waals surface area (Å²) in [5.41, 5.74) is 1.29. The Kier molecular flexibility index (Phi) is 6.43. The summed E-state index contributed by atoms with van der Waals surface area (Å²) in [6.07, 6.45) is -0.0297. The van der Waals surface area contributed by atoms with Crippen LogP contribution in [0, 0.1) is 0 Å². The van der Waals surface area contributed by atoms with Gasteiger partial charge in [-0.15, -0.1) is 0 Å². The van der Waals surface area contributed by atoms with E-state index in [0.717, 1.165) is 0 Å². The second kappa shape index (κ2) is 8.75. The number of amides is 1. The van der Waals surface area contributed by atoms with E-state index in [2.05, 4.69) is 5.32 Å². The minimum atomic E-state index is -1.06. The van der Waals surface area contributed by atoms with Gasteiger partial charge in [0.05, 0.1) is 33.3 Å². The number of carboxylic acids is 1. The monoisotopic (exact) mass is 359 g/mol. The Morgan fingerprint density at radius 2 is 1.54 bits per heavy atom. The Balaban J connectivity index is 2.11. The van der Waals surface area contributed by atoms with E-state index >= 15 is 0 Å². The van der Waals surface area contributed by atoms with Gasteiger partial charge in [0, 0.05) is 18.2 Å². The molecule has 0 saturated carbocycles. The van der Waals surface area contributed by atoms with E-state index in [4.69, 9.17) is 14.2 Å². The Labute approximate surface area is 151 Å². The highest BCUT2D eigenvalue weighted by molar-refractivity contribution is 5.91. The van der Waals surface area contributed by atoms with Crippen LogP contribution in [0.1, 0.15) is 21.5 Å². The van der Waals surface area contributed by atoms with Gasteiger partial charge in [0.15, 0.2) is 11.5 Å². The zero-order chi connectivity index (χ0) is 19.1. The normalized spacial score (nSPS) is 10.1. The van der Waals surface area contributed by atoms with Gasteiger partial charge in [-0.3, -0.25) is 4.79 Å². The molecule has 0 aliphatic carbocycles. The highest BCUT2D eigenvalue weighted by atomic mass is 16.5. The average molecular weight is 359 g/mol. The van der Waals surface area contributed by atoms with Crippen molar-refractivity contribution in [3.63, 3.8) is 0 Å². The molecule has 0 aliphatic heterocycles. The second-order valence-corrected chi connectivity index (χ2v) is 5.43. The maximum atomic E-state index is 12.2. The fraction of sp³-hybridized carbons (Fsp3) is 0.263. The third kappa shape index (κ3) is 4.44. The number of aromatic carboxylic acids is 1. The Morgan fingerprint density at radius 1 is 0.923 bits per heavy atom. The third-order valence-electron chi connectivity index (χ3n) is 3.86. The number of carbonyl (C=O) groups is 2. The van der Waals surface area contributed by atoms with Crippen LogP contribution in [0.25, 0.3) is 0 Å². The van der Waals surface area contributed by atoms with Gasteiger partial charge >= 0.3 is 5.97 Å². The van der Waals surface area contributed by atoms with Crippen LogP contribution in [-0.4, -0.2) is 38.3 Å². The first kappa shape index (κ1) is 19.1. The zero-order valence-corrected chi connectivity index (χ0v) is 14.9. The van der Waals surface area contributed by atoms with Crippen LogP contribution >= 0.6 is 0 Å². The molecule has 2 aromatic rings. The topological polar surface area (TPSA) is 94.1 Å². The lowest BCUT2D eigenvalue weighted by Crippen LogP contribution is -2.25. The van der Waals surface area contributed by atoms with Crippen LogP contribution in [0.5, 0.6) is 17.2 Å². The van der Waals surface area contributed by atoms with Gasteiger partial charge in [0.2, 0.25) is 5.91 Å². The molecule has 0 fully saturated rings. The Hall–Kier alpha value is -3.22. The Bertz CT molecular complexity index is 803. The largest absolute Gasteiger partial charge is 0.496 e. The van der Waals surface area contributed by atoms with Gasteiger partial charge in [-0.25, -0.2) is 4.79 Å². The van der Waals surface area contributed by atoms with Gasteiger partial charge in [-0.05, 0) is 17.7 Å². The van der Waals surface area contributed by atoms with Crippen molar-refractivity contribution in [3.8, 4) is 17.2 Å². The van der Waals surface area contributed by atoms with Crippen molar-refractivity contribution in [3.05, 3.63) is 53.1 Å². The van der Waals surface area contributed by atoms with E-state index in [1.807, 2.05) is 0 Å². The maximum absolute atomic E-state index is 12.2. The van der Waals surface area contributed by atoms with E-state index in [0.29, 0.717) is 28.4 Å². The first-order valence-electron chi connectivity index (χ1n) is 7.87. The summed E-state index contributed by atoms with van der Waals surface area (Å²) in [6.45, 7) is 0.206. The number of carboxylic acid groups (broad SMARTS) is 1. The second-order valence-electron chi connectivity index (χ2n) is 5.43. The summed E-state index contributed by atoms with van der Waals surface area (Å²) >= 11 is 0. The molecule has 0 spiro atoms. The summed E-state index contributed by atoms with van der Waals surface area (Å²) in [5.74, 6) is 0.239. The molecule has 0 atom stereocenters. The molecule has 2 aromatic carbocycles. The highest BCUT2D eigenvalue weighted by Crippen LogP contribution is 2.34. The molecule has 1 amide bonds. The number of carbonyl (C=O) groups excluding carboxylic acids is 1. The van der Waals surface area contributed by atoms with Crippen LogP contribution in [-0.2, 0) is 17.8 Å². The molecular formula is C19H21NO6. The summed E-state index contributed by atoms with van der Waals surface area (Å²) in [6, 6.07) is 9.83. The van der Waals surface area contributed by atoms with Crippen molar-refractivity contribution >= 4 is 11.9 Å². The van der Waals surface area contributed by atoms with Crippen LogP contribution < -0.4 is 19.5 Å². The van der Waals surface area contributed by atoms with E-state index in [9.17, 15) is 14.7 Å². The third-order valence-corrected chi connectivity index (χ3v) is 3.86. The minimum absolute atomic E-state index is 0.0297. The quantitative estimate of drug-likeness (QED) is 0.751. The lowest BCUT2D eigenvalue weighted by molar-refractivity contribution is -0.120. The van der Waals surface area contributed by atoms with Crippen molar-refractivity contribution in [2.75, 3.05) is 21.3 Å². The molecule has 0 heterocycles. The summed E-state index contributed by atoms with van der Waals surface area (Å²) in [4.78, 5) is 23.5. The van der Waals surface area contributed by atoms with Crippen molar-refractivity contribution in [2.24, 2.45) is 0 Å². The summed E-state index contributed by atoms with van der Waals surface area (Å²) < 4.78 is 15.8. The van der Waals surface area contributed by atoms with Gasteiger partial charge in [-0.2, -0.15) is 0 Å². The Morgan fingerprint density at radius 3 is 2.15 bits per heavy atom. The standard InChI is InChI=1S/C19H21NO6/c1-24-15-10-17(26-3)16(25-2)8-13(15)11-20-18(21)9-12-6-4-5-7-14(12)19(22)23/h4-8,10H,9,11H2,1-3H3,(H,20,21)(H,22,23). The van der Waals surface area contributed by atoms with Crippen LogP contribution in [0.4, 0.5) is 0 Å². The van der Waals surface area contributed by atoms with Crippen molar-refractivity contribution in [2.45, 2.75) is 13.0 Å². The molecule has 0 radical (unpaired) electrons. The van der Waals surface area contributed by atoms with Crippen molar-refractivity contribution in [1.82, 2.24) is 5.32 Å². The number of hydrogen-bond donors (Lipinski definition) is 2. The van der Waals surface area contributed by atoms with E-state index in [1.165, 1.54) is 27.4 Å². The maximum Gasteiger partial charge on any atom is 0.335 e. The molecule has 2 rings (SSSR count). The lowest BCUT2D eigenvalue weighted by atomic mass is 10.0. The number of methoxy groups -OCH3 is 3. The fourth-order valence-electron chi connectivity index (χ4n) is 2.54. The summed E-state index contributed by atoms with van der Waals surface area (Å²) in [5, 5.41) is 12.0. The molecule has 0 aromatic heterocycles. The minimum Gasteiger partial charge on any atom is -0.496 e. The SMILES string of the molecule is COc1cc(OC)c(OC)cc1CNC(=O)Cc1ccccc1C(=O)O. The van der Waals surface area contributed by atoms with E-state index in [1.54, 1.807) is 30.3 Å². The molecule has 0 aliphatic rings.